The first-order valence-electron chi connectivity index (χ1n) is 8.67. The standard InChI is InChI=1S/C18H15FN6O3S/c1-24-18(21-22-23-24)29-16-7-6-12(25(27)28)8-14(16)17(26)20-15-9-13(15)10-2-4-11(19)5-3-10/h2-8,13,15H,9H2,1H3,(H,20,26)/t13-,15+/m0/s1. The molecular weight excluding hydrogens is 399 g/mol. The minimum Gasteiger partial charge on any atom is -0.349 e. The summed E-state index contributed by atoms with van der Waals surface area (Å²) < 4.78 is 14.5. The molecule has 1 heterocycles. The molecule has 0 bridgehead atoms. The number of nitro groups is 1. The van der Waals surface area contributed by atoms with Crippen molar-refractivity contribution in [3.63, 3.8) is 0 Å². The number of carbonyl (C=O) groups excluding carboxylic acids is 1. The molecule has 11 heteroatoms. The van der Waals surface area contributed by atoms with Crippen LogP contribution in [0.2, 0.25) is 0 Å². The highest BCUT2D eigenvalue weighted by atomic mass is 32.2. The Labute approximate surface area is 168 Å². The van der Waals surface area contributed by atoms with Crippen LogP contribution in [0, 0.1) is 15.9 Å². The maximum Gasteiger partial charge on any atom is 0.270 e. The fourth-order valence-electron chi connectivity index (χ4n) is 2.98. The quantitative estimate of drug-likeness (QED) is 0.487. The lowest BCUT2D eigenvalue weighted by Crippen LogP contribution is -2.27. The average molecular weight is 414 g/mol. The summed E-state index contributed by atoms with van der Waals surface area (Å²) in [5.41, 5.74) is 0.939. The Balaban J connectivity index is 1.55. The third-order valence-corrected chi connectivity index (χ3v) is 5.71. The number of nitro benzene ring substituents is 1. The molecule has 9 nitrogen and oxygen atoms in total. The number of benzene rings is 2. The molecule has 4 rings (SSSR count). The lowest BCUT2D eigenvalue weighted by atomic mass is 10.1. The number of rotatable bonds is 6. The van der Waals surface area contributed by atoms with E-state index in [1.807, 2.05) is 0 Å². The van der Waals surface area contributed by atoms with Gasteiger partial charge in [0.05, 0.1) is 10.5 Å². The summed E-state index contributed by atoms with van der Waals surface area (Å²) in [5, 5.41) is 25.7. The summed E-state index contributed by atoms with van der Waals surface area (Å²) in [6, 6.07) is 10.1. The normalized spacial score (nSPS) is 17.7. The van der Waals surface area contributed by atoms with Gasteiger partial charge in [-0.05, 0) is 52.4 Å². The zero-order valence-corrected chi connectivity index (χ0v) is 16.0. The molecule has 0 saturated heterocycles. The third-order valence-electron chi connectivity index (χ3n) is 4.61. The van der Waals surface area contributed by atoms with Crippen molar-refractivity contribution >= 4 is 23.4 Å². The van der Waals surface area contributed by atoms with Crippen LogP contribution in [-0.2, 0) is 7.05 Å². The van der Waals surface area contributed by atoms with E-state index in [1.165, 1.54) is 35.0 Å². The Morgan fingerprint density at radius 3 is 2.72 bits per heavy atom. The van der Waals surface area contributed by atoms with Crippen molar-refractivity contribution < 1.29 is 14.1 Å². The van der Waals surface area contributed by atoms with Gasteiger partial charge in [-0.3, -0.25) is 14.9 Å². The smallest absolute Gasteiger partial charge is 0.270 e. The molecule has 148 valence electrons. The molecule has 1 fully saturated rings. The van der Waals surface area contributed by atoms with Gasteiger partial charge in [0.25, 0.3) is 11.6 Å². The number of nitrogens with zero attached hydrogens (tertiary/aromatic N) is 5. The molecule has 1 aliphatic carbocycles. The van der Waals surface area contributed by atoms with Crippen molar-refractivity contribution in [1.29, 1.82) is 0 Å². The van der Waals surface area contributed by atoms with Crippen LogP contribution >= 0.6 is 11.8 Å². The molecule has 3 aromatic rings. The number of hydrogen-bond donors (Lipinski definition) is 1. The Hall–Kier alpha value is -3.34. The van der Waals surface area contributed by atoms with Gasteiger partial charge in [-0.15, -0.1) is 5.10 Å². The van der Waals surface area contributed by atoms with E-state index in [4.69, 9.17) is 0 Å². The lowest BCUT2D eigenvalue weighted by molar-refractivity contribution is -0.384. The largest absolute Gasteiger partial charge is 0.349 e. The maximum absolute atomic E-state index is 13.1. The summed E-state index contributed by atoms with van der Waals surface area (Å²) in [4.78, 5) is 24.0. The predicted octanol–water partition coefficient (Wildman–Crippen LogP) is 2.69. The molecule has 2 aromatic carbocycles. The van der Waals surface area contributed by atoms with Crippen molar-refractivity contribution in [3.05, 3.63) is 69.5 Å². The first-order chi connectivity index (χ1) is 13.9. The van der Waals surface area contributed by atoms with Crippen molar-refractivity contribution in [2.45, 2.75) is 28.4 Å². The molecular formula is C18H15FN6O3S. The molecule has 1 aliphatic rings. The number of nitrogens with one attached hydrogen (secondary N) is 1. The Kier molecular flexibility index (Phi) is 4.97. The van der Waals surface area contributed by atoms with Gasteiger partial charge in [0.1, 0.15) is 5.82 Å². The Bertz CT molecular complexity index is 1090. The molecule has 0 spiro atoms. The van der Waals surface area contributed by atoms with E-state index in [0.717, 1.165) is 23.7 Å². The molecule has 0 aliphatic heterocycles. The van der Waals surface area contributed by atoms with Gasteiger partial charge >= 0.3 is 0 Å². The van der Waals surface area contributed by atoms with E-state index >= 15 is 0 Å². The Morgan fingerprint density at radius 2 is 2.07 bits per heavy atom. The monoisotopic (exact) mass is 414 g/mol. The zero-order chi connectivity index (χ0) is 20.5. The van der Waals surface area contributed by atoms with Crippen LogP contribution in [0.25, 0.3) is 0 Å². The van der Waals surface area contributed by atoms with Crippen molar-refractivity contribution in [2.75, 3.05) is 0 Å². The number of hydrogen-bond acceptors (Lipinski definition) is 7. The van der Waals surface area contributed by atoms with E-state index < -0.39 is 10.8 Å². The van der Waals surface area contributed by atoms with E-state index in [2.05, 4.69) is 20.8 Å². The second-order valence-electron chi connectivity index (χ2n) is 6.60. The zero-order valence-electron chi connectivity index (χ0n) is 15.2. The molecule has 29 heavy (non-hydrogen) atoms. The second kappa shape index (κ2) is 7.59. The number of carbonyl (C=O) groups is 1. The maximum atomic E-state index is 13.1. The summed E-state index contributed by atoms with van der Waals surface area (Å²) in [6.45, 7) is 0. The van der Waals surface area contributed by atoms with Crippen molar-refractivity contribution in [2.24, 2.45) is 7.05 Å². The number of aryl methyl sites for hydroxylation is 1. The first-order valence-corrected chi connectivity index (χ1v) is 9.49. The molecule has 2 atom stereocenters. The first kappa shape index (κ1) is 19.0. The highest BCUT2D eigenvalue weighted by Gasteiger charge is 2.40. The number of amides is 1. The van der Waals surface area contributed by atoms with Gasteiger partial charge in [-0.25, -0.2) is 9.07 Å². The number of halogens is 1. The van der Waals surface area contributed by atoms with E-state index in [9.17, 15) is 19.3 Å². The van der Waals surface area contributed by atoms with Crippen molar-refractivity contribution in [1.82, 2.24) is 25.5 Å². The lowest BCUT2D eigenvalue weighted by Gasteiger charge is -2.09. The summed E-state index contributed by atoms with van der Waals surface area (Å²) >= 11 is 1.14. The Morgan fingerprint density at radius 1 is 1.31 bits per heavy atom. The van der Waals surface area contributed by atoms with Gasteiger partial charge in [0, 0.05) is 36.0 Å². The van der Waals surface area contributed by atoms with Crippen molar-refractivity contribution in [3.8, 4) is 0 Å². The van der Waals surface area contributed by atoms with E-state index in [-0.39, 0.29) is 29.0 Å². The van der Waals surface area contributed by atoms with Crippen LogP contribution in [0.4, 0.5) is 10.1 Å². The highest BCUT2D eigenvalue weighted by molar-refractivity contribution is 7.99. The van der Waals surface area contributed by atoms with Crippen LogP contribution in [0.1, 0.15) is 28.3 Å². The number of non-ortho nitro benzene ring substituents is 1. The minimum atomic E-state index is -0.548. The molecule has 1 saturated carbocycles. The average Bonchev–Trinajstić information content (AvgIpc) is 3.34. The fraction of sp³-hybridized carbons (Fsp3) is 0.222. The van der Waals surface area contributed by atoms with Crippen LogP contribution in [-0.4, -0.2) is 37.1 Å². The van der Waals surface area contributed by atoms with Crippen LogP contribution in [0.15, 0.2) is 52.5 Å². The van der Waals surface area contributed by atoms with Gasteiger partial charge in [-0.1, -0.05) is 12.1 Å². The van der Waals surface area contributed by atoms with Gasteiger partial charge in [-0.2, -0.15) is 0 Å². The fourth-order valence-corrected chi connectivity index (χ4v) is 3.82. The second-order valence-corrected chi connectivity index (χ2v) is 7.61. The molecule has 0 unspecified atom stereocenters. The van der Waals surface area contributed by atoms with Crippen LogP contribution in [0.3, 0.4) is 0 Å². The predicted molar refractivity (Wildman–Crippen MR) is 101 cm³/mol. The number of tetrazole rings is 1. The molecule has 1 amide bonds. The van der Waals surface area contributed by atoms with Crippen LogP contribution < -0.4 is 5.32 Å². The van der Waals surface area contributed by atoms with E-state index in [0.29, 0.717) is 10.1 Å². The molecule has 1 N–H and O–H groups in total. The molecule has 0 radical (unpaired) electrons. The van der Waals surface area contributed by atoms with Gasteiger partial charge in [0.15, 0.2) is 0 Å². The minimum absolute atomic E-state index is 0.0947. The summed E-state index contributed by atoms with van der Waals surface area (Å²) in [5.74, 6) is -0.634. The SMILES string of the molecule is Cn1nnnc1Sc1ccc([N+](=O)[O-])cc1C(=O)N[C@@H]1C[C@H]1c1ccc(F)cc1. The van der Waals surface area contributed by atoms with Crippen LogP contribution in [0.5, 0.6) is 0 Å². The van der Waals surface area contributed by atoms with E-state index in [1.54, 1.807) is 19.2 Å². The summed E-state index contributed by atoms with van der Waals surface area (Å²) in [7, 11) is 1.66. The van der Waals surface area contributed by atoms with Gasteiger partial charge in [0.2, 0.25) is 5.16 Å². The molecule has 1 aromatic heterocycles. The van der Waals surface area contributed by atoms with Gasteiger partial charge < -0.3 is 5.32 Å². The third kappa shape index (κ3) is 4.09. The highest BCUT2D eigenvalue weighted by Crippen LogP contribution is 2.41. The number of aromatic nitrogens is 4. The topological polar surface area (TPSA) is 116 Å². The summed E-state index contributed by atoms with van der Waals surface area (Å²) in [6.07, 6.45) is 0.724.